The molecule has 4 nitrogen and oxygen atoms in total. The van der Waals surface area contributed by atoms with Gasteiger partial charge >= 0.3 is 6.16 Å². The highest BCUT2D eigenvalue weighted by Crippen LogP contribution is 2.22. The number of carbonyl (C=O) groups excluding carboxylic acids is 1. The molecule has 2 aliphatic heterocycles. The zero-order valence-corrected chi connectivity index (χ0v) is 5.93. The molecule has 2 aliphatic rings. The number of hydrogen-bond acceptors (Lipinski definition) is 4. The van der Waals surface area contributed by atoms with Crippen LogP contribution in [-0.2, 0) is 20.3 Å². The molecule has 56 valence electrons. The van der Waals surface area contributed by atoms with Crippen molar-refractivity contribution in [1.82, 2.24) is 0 Å². The molecule has 3 atom stereocenters. The minimum Gasteiger partial charge on any atom is -0.426 e. The van der Waals surface area contributed by atoms with E-state index in [1.807, 2.05) is 0 Å². The second-order valence-electron chi connectivity index (χ2n) is 2.34. The van der Waals surface area contributed by atoms with E-state index in [-0.39, 0.29) is 12.2 Å². The summed E-state index contributed by atoms with van der Waals surface area (Å²) in [5.74, 6) is 0.882. The van der Waals surface area contributed by atoms with Crippen LogP contribution in [-0.4, -0.2) is 34.1 Å². The molecule has 2 rings (SSSR count). The maximum atomic E-state index is 10.8. The van der Waals surface area contributed by atoms with Crippen molar-refractivity contribution in [2.45, 2.75) is 12.2 Å². The van der Waals surface area contributed by atoms with Crippen LogP contribution in [0.5, 0.6) is 0 Å². The van der Waals surface area contributed by atoms with Gasteiger partial charge in [-0.25, -0.2) is 4.79 Å². The number of hydrogen-bond donors (Lipinski definition) is 0. The highest BCUT2D eigenvalue weighted by Gasteiger charge is 2.43. The minimum atomic E-state index is -0.849. The van der Waals surface area contributed by atoms with Crippen molar-refractivity contribution < 1.29 is 18.5 Å². The molecule has 0 spiro atoms. The summed E-state index contributed by atoms with van der Waals surface area (Å²) in [5.41, 5.74) is 0. The monoisotopic (exact) mass is 162 g/mol. The number of ether oxygens (including phenoxy) is 2. The van der Waals surface area contributed by atoms with Crippen molar-refractivity contribution in [3.63, 3.8) is 0 Å². The summed E-state index contributed by atoms with van der Waals surface area (Å²) in [6.07, 6.45) is -1.10. The van der Waals surface area contributed by atoms with E-state index in [0.29, 0.717) is 11.5 Å². The third kappa shape index (κ3) is 0.811. The Labute approximate surface area is 60.0 Å². The first-order chi connectivity index (χ1) is 4.75. The third-order valence-corrected chi connectivity index (χ3v) is 3.01. The maximum absolute atomic E-state index is 10.8. The fraction of sp³-hybridized carbons (Fsp3) is 0.800. The van der Waals surface area contributed by atoms with Crippen LogP contribution in [0, 0.1) is 0 Å². The van der Waals surface area contributed by atoms with Crippen LogP contribution in [0.2, 0.25) is 0 Å². The van der Waals surface area contributed by atoms with Gasteiger partial charge in [0, 0.05) is 10.8 Å². The second-order valence-corrected chi connectivity index (χ2v) is 3.88. The van der Waals surface area contributed by atoms with Crippen LogP contribution in [0.4, 0.5) is 4.79 Å². The fourth-order valence-electron chi connectivity index (χ4n) is 1.14. The number of carbonyl (C=O) groups is 1. The van der Waals surface area contributed by atoms with E-state index in [2.05, 4.69) is 0 Å². The SMILES string of the molecule is O=C1O[C@H]2CS(=O)C[C@H]2O1. The first kappa shape index (κ1) is 6.15. The van der Waals surface area contributed by atoms with Gasteiger partial charge in [0.1, 0.15) is 0 Å². The molecule has 2 fully saturated rings. The highest BCUT2D eigenvalue weighted by atomic mass is 32.2. The predicted molar refractivity (Wildman–Crippen MR) is 33.0 cm³/mol. The van der Waals surface area contributed by atoms with E-state index in [1.54, 1.807) is 0 Å². The molecular formula is C5H6O4S. The third-order valence-electron chi connectivity index (χ3n) is 1.61. The van der Waals surface area contributed by atoms with Crippen molar-refractivity contribution in [1.29, 1.82) is 0 Å². The van der Waals surface area contributed by atoms with Gasteiger partial charge in [-0.1, -0.05) is 0 Å². The van der Waals surface area contributed by atoms with Gasteiger partial charge in [-0.05, 0) is 0 Å². The predicted octanol–water partition coefficient (Wildman–Crippen LogP) is -0.347. The van der Waals surface area contributed by atoms with E-state index in [4.69, 9.17) is 9.47 Å². The molecule has 2 saturated heterocycles. The lowest BCUT2D eigenvalue weighted by Gasteiger charge is -1.98. The first-order valence-corrected chi connectivity index (χ1v) is 4.47. The van der Waals surface area contributed by atoms with Crippen LogP contribution in [0.15, 0.2) is 0 Å². The number of rotatable bonds is 0. The van der Waals surface area contributed by atoms with Crippen LogP contribution in [0.1, 0.15) is 0 Å². The summed E-state index contributed by atoms with van der Waals surface area (Å²) in [6, 6.07) is 0. The van der Waals surface area contributed by atoms with Gasteiger partial charge in [-0.3, -0.25) is 4.21 Å². The Morgan fingerprint density at radius 3 is 2.30 bits per heavy atom. The highest BCUT2D eigenvalue weighted by molar-refractivity contribution is 7.85. The molecule has 0 aromatic heterocycles. The van der Waals surface area contributed by atoms with Crippen molar-refractivity contribution >= 4 is 17.0 Å². The molecule has 5 heteroatoms. The molecule has 0 amide bonds. The quantitative estimate of drug-likeness (QED) is 0.457. The summed E-state index contributed by atoms with van der Waals surface area (Å²) in [4.78, 5) is 10.4. The zero-order valence-electron chi connectivity index (χ0n) is 5.11. The Balaban J connectivity index is 2.12. The normalized spacial score (nSPS) is 44.4. The average molecular weight is 162 g/mol. The van der Waals surface area contributed by atoms with Gasteiger partial charge in [0.05, 0.1) is 11.5 Å². The van der Waals surface area contributed by atoms with Gasteiger partial charge in [-0.15, -0.1) is 0 Å². The van der Waals surface area contributed by atoms with Crippen LogP contribution >= 0.6 is 0 Å². The summed E-state index contributed by atoms with van der Waals surface area (Å²) >= 11 is 0. The maximum Gasteiger partial charge on any atom is 0.509 e. The van der Waals surface area contributed by atoms with Crippen molar-refractivity contribution in [2.24, 2.45) is 0 Å². The van der Waals surface area contributed by atoms with E-state index in [0.717, 1.165) is 0 Å². The first-order valence-electron chi connectivity index (χ1n) is 2.98. The standard InChI is InChI=1S/C5H6O4S/c6-5-8-3-1-10(7)2-4(3)9-5/h3-4H,1-2H2/t3-,4+,10?. The Hall–Kier alpha value is -0.580. The summed E-state index contributed by atoms with van der Waals surface area (Å²) in [5, 5.41) is 0. The summed E-state index contributed by atoms with van der Waals surface area (Å²) < 4.78 is 20.2. The minimum absolute atomic E-state index is 0.242. The Morgan fingerprint density at radius 2 is 1.80 bits per heavy atom. The summed E-state index contributed by atoms with van der Waals surface area (Å²) in [6.45, 7) is 0. The molecule has 0 radical (unpaired) electrons. The molecule has 10 heavy (non-hydrogen) atoms. The Bertz CT molecular complexity index is 164. The molecule has 0 aliphatic carbocycles. The molecule has 0 aromatic carbocycles. The molecule has 0 bridgehead atoms. The fourth-order valence-corrected chi connectivity index (χ4v) is 2.58. The van der Waals surface area contributed by atoms with Crippen molar-refractivity contribution in [2.75, 3.05) is 11.5 Å². The molecule has 0 saturated carbocycles. The molecular weight excluding hydrogens is 156 g/mol. The largest absolute Gasteiger partial charge is 0.509 e. The van der Waals surface area contributed by atoms with Crippen molar-refractivity contribution in [3.05, 3.63) is 0 Å². The van der Waals surface area contributed by atoms with Crippen LogP contribution < -0.4 is 0 Å². The van der Waals surface area contributed by atoms with Gasteiger partial charge in [0.2, 0.25) is 0 Å². The topological polar surface area (TPSA) is 52.6 Å². The lowest BCUT2D eigenvalue weighted by Crippen LogP contribution is -2.18. The lowest BCUT2D eigenvalue weighted by molar-refractivity contribution is 0.118. The van der Waals surface area contributed by atoms with Gasteiger partial charge < -0.3 is 9.47 Å². The van der Waals surface area contributed by atoms with Gasteiger partial charge in [-0.2, -0.15) is 0 Å². The van der Waals surface area contributed by atoms with Gasteiger partial charge in [0.15, 0.2) is 12.2 Å². The van der Waals surface area contributed by atoms with E-state index in [9.17, 15) is 9.00 Å². The van der Waals surface area contributed by atoms with E-state index >= 15 is 0 Å². The summed E-state index contributed by atoms with van der Waals surface area (Å²) in [7, 11) is -0.849. The molecule has 0 aromatic rings. The average Bonchev–Trinajstić information content (AvgIpc) is 2.21. The molecule has 2 heterocycles. The van der Waals surface area contributed by atoms with Crippen LogP contribution in [0.25, 0.3) is 0 Å². The van der Waals surface area contributed by atoms with E-state index < -0.39 is 17.0 Å². The number of fused-ring (bicyclic) bond motifs is 1. The molecule has 0 N–H and O–H groups in total. The Morgan fingerprint density at radius 1 is 1.30 bits per heavy atom. The zero-order chi connectivity index (χ0) is 7.14. The smallest absolute Gasteiger partial charge is 0.426 e. The molecule has 1 unspecified atom stereocenters. The van der Waals surface area contributed by atoms with Gasteiger partial charge in [0.25, 0.3) is 0 Å². The lowest BCUT2D eigenvalue weighted by atomic mass is 10.3. The Kier molecular flexibility index (Phi) is 1.20. The van der Waals surface area contributed by atoms with Crippen molar-refractivity contribution in [3.8, 4) is 0 Å². The second kappa shape index (κ2) is 1.95. The van der Waals surface area contributed by atoms with E-state index in [1.165, 1.54) is 0 Å². The van der Waals surface area contributed by atoms with Crippen LogP contribution in [0.3, 0.4) is 0 Å².